The third-order valence-electron chi connectivity index (χ3n) is 2.14. The Morgan fingerprint density at radius 3 is 2.94 bits per heavy atom. The molecule has 0 saturated heterocycles. The molecule has 16 heavy (non-hydrogen) atoms. The van der Waals surface area contributed by atoms with Gasteiger partial charge in [-0.15, -0.1) is 5.10 Å². The van der Waals surface area contributed by atoms with E-state index >= 15 is 0 Å². The second kappa shape index (κ2) is 3.44. The zero-order valence-corrected chi connectivity index (χ0v) is 8.56. The highest BCUT2D eigenvalue weighted by atomic mass is 19.1. The Morgan fingerprint density at radius 1 is 1.62 bits per heavy atom. The molecule has 0 radical (unpaired) electrons. The standard InChI is InChI=1S/C9H8FN3O3/c1-4-6(14)3-5(10)8-11-7(9(15)16-2)12-13(4)8/h3,14H,1-2H3. The lowest BCUT2D eigenvalue weighted by Crippen LogP contribution is -2.04. The maximum Gasteiger partial charge on any atom is 0.377 e. The fourth-order valence-corrected chi connectivity index (χ4v) is 1.28. The van der Waals surface area contributed by atoms with Gasteiger partial charge in [-0.05, 0) is 6.92 Å². The number of ether oxygens (including phenoxy) is 1. The molecule has 7 heteroatoms. The van der Waals surface area contributed by atoms with Crippen molar-refractivity contribution in [2.75, 3.05) is 7.11 Å². The molecule has 0 aliphatic heterocycles. The second-order valence-corrected chi connectivity index (χ2v) is 3.13. The van der Waals surface area contributed by atoms with Gasteiger partial charge < -0.3 is 9.84 Å². The van der Waals surface area contributed by atoms with Crippen molar-refractivity contribution in [3.63, 3.8) is 0 Å². The Bertz CT molecular complexity index is 579. The summed E-state index contributed by atoms with van der Waals surface area (Å²) < 4.78 is 18.8. The Hall–Kier alpha value is -2.18. The number of carbonyl (C=O) groups excluding carboxylic acids is 1. The molecule has 0 amide bonds. The SMILES string of the molecule is COC(=O)c1nc2c(F)cc(O)c(C)n2n1. The summed E-state index contributed by atoms with van der Waals surface area (Å²) in [4.78, 5) is 14.8. The van der Waals surface area contributed by atoms with Crippen molar-refractivity contribution >= 4 is 11.6 Å². The van der Waals surface area contributed by atoms with Gasteiger partial charge in [0.15, 0.2) is 11.5 Å². The number of halogens is 1. The smallest absolute Gasteiger partial charge is 0.377 e. The number of methoxy groups -OCH3 is 1. The highest BCUT2D eigenvalue weighted by Gasteiger charge is 2.18. The van der Waals surface area contributed by atoms with Crippen LogP contribution in [0.15, 0.2) is 6.07 Å². The molecule has 0 aliphatic rings. The average Bonchev–Trinajstić information content (AvgIpc) is 2.70. The highest BCUT2D eigenvalue weighted by Crippen LogP contribution is 2.20. The molecule has 0 saturated carbocycles. The van der Waals surface area contributed by atoms with Gasteiger partial charge in [-0.2, -0.15) is 4.98 Å². The quantitative estimate of drug-likeness (QED) is 0.722. The van der Waals surface area contributed by atoms with Gasteiger partial charge in [0, 0.05) is 6.07 Å². The Balaban J connectivity index is 2.74. The molecule has 2 aromatic rings. The molecule has 0 unspecified atom stereocenters. The van der Waals surface area contributed by atoms with E-state index in [4.69, 9.17) is 0 Å². The number of fused-ring (bicyclic) bond motifs is 1. The number of carbonyl (C=O) groups is 1. The summed E-state index contributed by atoms with van der Waals surface area (Å²) in [6.07, 6.45) is 0. The van der Waals surface area contributed by atoms with Crippen LogP contribution < -0.4 is 0 Å². The second-order valence-electron chi connectivity index (χ2n) is 3.13. The monoisotopic (exact) mass is 225 g/mol. The Morgan fingerprint density at radius 2 is 2.31 bits per heavy atom. The molecular formula is C9H8FN3O3. The van der Waals surface area contributed by atoms with E-state index in [0.717, 1.165) is 10.6 Å². The Kier molecular flexibility index (Phi) is 2.22. The fourth-order valence-electron chi connectivity index (χ4n) is 1.28. The zero-order valence-electron chi connectivity index (χ0n) is 8.56. The molecule has 0 aromatic carbocycles. The summed E-state index contributed by atoms with van der Waals surface area (Å²) in [5.41, 5.74) is 0.162. The minimum atomic E-state index is -0.762. The molecule has 2 aromatic heterocycles. The fraction of sp³-hybridized carbons (Fsp3) is 0.222. The molecule has 0 aliphatic carbocycles. The summed E-state index contributed by atoms with van der Waals surface area (Å²) in [5, 5.41) is 13.1. The molecule has 84 valence electrons. The van der Waals surface area contributed by atoms with Crippen LogP contribution in [0.3, 0.4) is 0 Å². The van der Waals surface area contributed by atoms with Gasteiger partial charge in [-0.25, -0.2) is 13.7 Å². The molecule has 2 rings (SSSR count). The van der Waals surface area contributed by atoms with E-state index in [0.29, 0.717) is 5.69 Å². The van der Waals surface area contributed by atoms with Crippen LogP contribution in [0, 0.1) is 12.7 Å². The van der Waals surface area contributed by atoms with Crippen LogP contribution in [0.4, 0.5) is 4.39 Å². The van der Waals surface area contributed by atoms with Crippen molar-refractivity contribution in [3.05, 3.63) is 23.4 Å². The number of aromatic nitrogens is 3. The third kappa shape index (κ3) is 1.37. The van der Waals surface area contributed by atoms with Crippen LogP contribution in [0.25, 0.3) is 5.65 Å². The number of hydrogen-bond donors (Lipinski definition) is 1. The number of pyridine rings is 1. The van der Waals surface area contributed by atoms with E-state index in [-0.39, 0.29) is 17.2 Å². The van der Waals surface area contributed by atoms with Crippen LogP contribution >= 0.6 is 0 Å². The van der Waals surface area contributed by atoms with Gasteiger partial charge in [0.2, 0.25) is 0 Å². The molecular weight excluding hydrogens is 217 g/mol. The predicted molar refractivity (Wildman–Crippen MR) is 50.7 cm³/mol. The molecule has 2 heterocycles. The van der Waals surface area contributed by atoms with Crippen LogP contribution in [0.1, 0.15) is 16.3 Å². The first-order valence-corrected chi connectivity index (χ1v) is 4.37. The largest absolute Gasteiger partial charge is 0.506 e. The van der Waals surface area contributed by atoms with E-state index in [9.17, 15) is 14.3 Å². The first kappa shape index (κ1) is 10.3. The molecule has 1 N–H and O–H groups in total. The predicted octanol–water partition coefficient (Wildman–Crippen LogP) is 0.669. The lowest BCUT2D eigenvalue weighted by Gasteiger charge is -2.00. The Labute approximate surface area is 89.3 Å². The lowest BCUT2D eigenvalue weighted by molar-refractivity contribution is 0.0587. The van der Waals surface area contributed by atoms with E-state index in [1.54, 1.807) is 0 Å². The van der Waals surface area contributed by atoms with Crippen molar-refractivity contribution in [2.45, 2.75) is 6.92 Å². The van der Waals surface area contributed by atoms with Gasteiger partial charge in [0.1, 0.15) is 5.75 Å². The van der Waals surface area contributed by atoms with Gasteiger partial charge in [-0.3, -0.25) is 0 Å². The van der Waals surface area contributed by atoms with E-state index < -0.39 is 11.8 Å². The molecule has 0 fully saturated rings. The minimum Gasteiger partial charge on any atom is -0.506 e. The van der Waals surface area contributed by atoms with Crippen molar-refractivity contribution in [1.29, 1.82) is 0 Å². The maximum atomic E-state index is 13.4. The molecule has 0 spiro atoms. The number of esters is 1. The summed E-state index contributed by atoms with van der Waals surface area (Å²) in [6.45, 7) is 1.53. The van der Waals surface area contributed by atoms with Gasteiger partial charge in [0.25, 0.3) is 5.82 Å². The first-order valence-electron chi connectivity index (χ1n) is 4.37. The average molecular weight is 225 g/mol. The lowest BCUT2D eigenvalue weighted by atomic mass is 10.3. The highest BCUT2D eigenvalue weighted by molar-refractivity contribution is 5.85. The summed E-state index contributed by atoms with van der Waals surface area (Å²) >= 11 is 0. The van der Waals surface area contributed by atoms with Crippen LogP contribution in [-0.2, 0) is 4.74 Å². The maximum absolute atomic E-state index is 13.4. The van der Waals surface area contributed by atoms with Gasteiger partial charge in [0.05, 0.1) is 12.8 Å². The number of hydrogen-bond acceptors (Lipinski definition) is 5. The van der Waals surface area contributed by atoms with Crippen molar-refractivity contribution in [1.82, 2.24) is 14.6 Å². The van der Waals surface area contributed by atoms with Crippen molar-refractivity contribution in [2.24, 2.45) is 0 Å². The van der Waals surface area contributed by atoms with Crippen LogP contribution in [0.2, 0.25) is 0 Å². The van der Waals surface area contributed by atoms with Crippen molar-refractivity contribution in [3.8, 4) is 5.75 Å². The molecule has 6 nitrogen and oxygen atoms in total. The van der Waals surface area contributed by atoms with E-state index in [1.807, 2.05) is 0 Å². The van der Waals surface area contributed by atoms with Crippen LogP contribution in [-0.4, -0.2) is 32.8 Å². The number of aryl methyl sites for hydroxylation is 1. The molecule has 0 bridgehead atoms. The van der Waals surface area contributed by atoms with Crippen molar-refractivity contribution < 1.29 is 19.0 Å². The van der Waals surface area contributed by atoms with Gasteiger partial charge in [-0.1, -0.05) is 0 Å². The number of rotatable bonds is 1. The number of aromatic hydroxyl groups is 1. The van der Waals surface area contributed by atoms with E-state index in [1.165, 1.54) is 14.0 Å². The van der Waals surface area contributed by atoms with Crippen LogP contribution in [0.5, 0.6) is 5.75 Å². The zero-order chi connectivity index (χ0) is 11.9. The van der Waals surface area contributed by atoms with Gasteiger partial charge >= 0.3 is 5.97 Å². The summed E-state index contributed by atoms with van der Waals surface area (Å²) in [5.74, 6) is -2.03. The third-order valence-corrected chi connectivity index (χ3v) is 2.14. The summed E-state index contributed by atoms with van der Waals surface area (Å²) in [7, 11) is 1.18. The normalized spacial score (nSPS) is 10.7. The first-order chi connectivity index (χ1) is 7.54. The number of nitrogens with zero attached hydrogens (tertiary/aromatic N) is 3. The molecule has 0 atom stereocenters. The van der Waals surface area contributed by atoms with E-state index in [2.05, 4.69) is 14.8 Å². The summed E-state index contributed by atoms with van der Waals surface area (Å²) in [6, 6.07) is 0.917. The minimum absolute atomic E-state index is 0.129. The topological polar surface area (TPSA) is 76.7 Å².